The summed E-state index contributed by atoms with van der Waals surface area (Å²) in [6.07, 6.45) is 0. The highest BCUT2D eigenvalue weighted by atomic mass is 16.5. The van der Waals surface area contributed by atoms with Crippen LogP contribution in [0.3, 0.4) is 0 Å². The van der Waals surface area contributed by atoms with Gasteiger partial charge in [0.15, 0.2) is 0 Å². The van der Waals surface area contributed by atoms with E-state index in [-0.39, 0.29) is 0 Å². The van der Waals surface area contributed by atoms with Crippen LogP contribution in [0.25, 0.3) is 0 Å². The van der Waals surface area contributed by atoms with Crippen LogP contribution in [0.4, 0.5) is 0 Å². The molecule has 0 aliphatic carbocycles. The standard InChI is InChI=1S/C16H19NO2/c1-13-5-2-3-6-14(13)12-19-16-8-4-7-15(11-16)18-10-9-17/h2-8,11H,9-10,12,17H2,1H3. The molecule has 2 rings (SSSR count). The van der Waals surface area contributed by atoms with E-state index in [4.69, 9.17) is 15.2 Å². The minimum Gasteiger partial charge on any atom is -0.492 e. The molecule has 3 heteroatoms. The number of hydrogen-bond donors (Lipinski definition) is 1. The summed E-state index contributed by atoms with van der Waals surface area (Å²) >= 11 is 0. The zero-order valence-corrected chi connectivity index (χ0v) is 11.1. The Morgan fingerprint density at radius 1 is 0.947 bits per heavy atom. The van der Waals surface area contributed by atoms with E-state index in [1.807, 2.05) is 36.4 Å². The third-order valence-corrected chi connectivity index (χ3v) is 2.85. The molecule has 0 bridgehead atoms. The number of benzene rings is 2. The summed E-state index contributed by atoms with van der Waals surface area (Å²) in [6.45, 7) is 3.67. The minimum absolute atomic E-state index is 0.508. The lowest BCUT2D eigenvalue weighted by Crippen LogP contribution is -2.10. The fourth-order valence-corrected chi connectivity index (χ4v) is 1.76. The van der Waals surface area contributed by atoms with Crippen LogP contribution in [0.1, 0.15) is 11.1 Å². The van der Waals surface area contributed by atoms with Crippen LogP contribution < -0.4 is 15.2 Å². The largest absolute Gasteiger partial charge is 0.492 e. The topological polar surface area (TPSA) is 44.5 Å². The third-order valence-electron chi connectivity index (χ3n) is 2.85. The molecule has 0 aliphatic rings. The molecule has 0 saturated carbocycles. The van der Waals surface area contributed by atoms with E-state index in [0.717, 1.165) is 11.5 Å². The van der Waals surface area contributed by atoms with Crippen molar-refractivity contribution in [3.05, 3.63) is 59.7 Å². The zero-order chi connectivity index (χ0) is 13.5. The van der Waals surface area contributed by atoms with Gasteiger partial charge in [0, 0.05) is 12.6 Å². The highest BCUT2D eigenvalue weighted by Crippen LogP contribution is 2.20. The molecule has 0 unspecified atom stereocenters. The molecule has 0 spiro atoms. The SMILES string of the molecule is Cc1ccccc1COc1cccc(OCCN)c1. The third kappa shape index (κ3) is 4.00. The molecule has 0 amide bonds. The smallest absolute Gasteiger partial charge is 0.123 e. The van der Waals surface area contributed by atoms with Gasteiger partial charge in [0.2, 0.25) is 0 Å². The molecule has 0 aromatic heterocycles. The Hall–Kier alpha value is -2.00. The normalized spacial score (nSPS) is 10.2. The first kappa shape index (κ1) is 13.4. The second-order valence-electron chi connectivity index (χ2n) is 4.33. The lowest BCUT2D eigenvalue weighted by Gasteiger charge is -2.10. The van der Waals surface area contributed by atoms with E-state index in [9.17, 15) is 0 Å². The van der Waals surface area contributed by atoms with Crippen molar-refractivity contribution in [3.63, 3.8) is 0 Å². The molecule has 2 N–H and O–H groups in total. The number of hydrogen-bond acceptors (Lipinski definition) is 3. The summed E-state index contributed by atoms with van der Waals surface area (Å²) in [5.74, 6) is 1.59. The van der Waals surface area contributed by atoms with Gasteiger partial charge in [-0.2, -0.15) is 0 Å². The minimum atomic E-state index is 0.508. The fraction of sp³-hybridized carbons (Fsp3) is 0.250. The first-order valence-electron chi connectivity index (χ1n) is 6.40. The Bertz CT molecular complexity index is 526. The van der Waals surface area contributed by atoms with Gasteiger partial charge in [0.1, 0.15) is 24.7 Å². The van der Waals surface area contributed by atoms with Crippen molar-refractivity contribution in [2.75, 3.05) is 13.2 Å². The van der Waals surface area contributed by atoms with Gasteiger partial charge in [-0.1, -0.05) is 30.3 Å². The molecule has 0 heterocycles. The lowest BCUT2D eigenvalue weighted by molar-refractivity contribution is 0.297. The number of nitrogens with two attached hydrogens (primary N) is 1. The van der Waals surface area contributed by atoms with E-state index in [2.05, 4.69) is 19.1 Å². The molecule has 2 aromatic rings. The highest BCUT2D eigenvalue weighted by Gasteiger charge is 2.00. The molecule has 0 radical (unpaired) electrons. The highest BCUT2D eigenvalue weighted by molar-refractivity contribution is 5.33. The Morgan fingerprint density at radius 2 is 1.68 bits per heavy atom. The van der Waals surface area contributed by atoms with E-state index in [0.29, 0.717) is 19.8 Å². The summed E-state index contributed by atoms with van der Waals surface area (Å²) in [7, 11) is 0. The first-order valence-corrected chi connectivity index (χ1v) is 6.40. The molecule has 0 aliphatic heterocycles. The van der Waals surface area contributed by atoms with Gasteiger partial charge in [-0.15, -0.1) is 0 Å². The quantitative estimate of drug-likeness (QED) is 0.865. The lowest BCUT2D eigenvalue weighted by atomic mass is 10.1. The number of rotatable bonds is 6. The molecule has 19 heavy (non-hydrogen) atoms. The van der Waals surface area contributed by atoms with Gasteiger partial charge in [-0.05, 0) is 30.2 Å². The maximum Gasteiger partial charge on any atom is 0.123 e. The predicted molar refractivity (Wildman–Crippen MR) is 76.5 cm³/mol. The Balaban J connectivity index is 1.98. The maximum atomic E-state index is 5.78. The maximum absolute atomic E-state index is 5.78. The summed E-state index contributed by atoms with van der Waals surface area (Å²) in [5.41, 5.74) is 7.83. The molecular weight excluding hydrogens is 238 g/mol. The van der Waals surface area contributed by atoms with Crippen LogP contribution in [-0.4, -0.2) is 13.2 Å². The molecule has 0 fully saturated rings. The van der Waals surface area contributed by atoms with E-state index in [1.54, 1.807) is 0 Å². The molecule has 3 nitrogen and oxygen atoms in total. The van der Waals surface area contributed by atoms with E-state index < -0.39 is 0 Å². The van der Waals surface area contributed by atoms with Crippen molar-refractivity contribution >= 4 is 0 Å². The molecule has 100 valence electrons. The Kier molecular flexibility index (Phi) is 4.81. The second-order valence-corrected chi connectivity index (χ2v) is 4.33. The number of ether oxygens (including phenoxy) is 2. The summed E-state index contributed by atoms with van der Waals surface area (Å²) in [4.78, 5) is 0. The van der Waals surface area contributed by atoms with Crippen molar-refractivity contribution < 1.29 is 9.47 Å². The van der Waals surface area contributed by atoms with Gasteiger partial charge >= 0.3 is 0 Å². The summed E-state index contributed by atoms with van der Waals surface area (Å²) in [6, 6.07) is 15.8. The Labute approximate surface area is 114 Å². The van der Waals surface area contributed by atoms with Gasteiger partial charge < -0.3 is 15.2 Å². The van der Waals surface area contributed by atoms with Crippen LogP contribution in [0.15, 0.2) is 48.5 Å². The van der Waals surface area contributed by atoms with Crippen molar-refractivity contribution in [1.82, 2.24) is 0 Å². The van der Waals surface area contributed by atoms with E-state index >= 15 is 0 Å². The van der Waals surface area contributed by atoms with Crippen molar-refractivity contribution in [2.45, 2.75) is 13.5 Å². The average molecular weight is 257 g/mol. The van der Waals surface area contributed by atoms with Crippen LogP contribution >= 0.6 is 0 Å². The van der Waals surface area contributed by atoms with Crippen molar-refractivity contribution in [1.29, 1.82) is 0 Å². The van der Waals surface area contributed by atoms with Crippen LogP contribution in [-0.2, 0) is 6.61 Å². The zero-order valence-electron chi connectivity index (χ0n) is 11.1. The first-order chi connectivity index (χ1) is 9.29. The summed E-state index contributed by atoms with van der Waals surface area (Å²) in [5, 5.41) is 0. The van der Waals surface area contributed by atoms with E-state index in [1.165, 1.54) is 11.1 Å². The summed E-state index contributed by atoms with van der Waals surface area (Å²) < 4.78 is 11.2. The number of aryl methyl sites for hydroxylation is 1. The second kappa shape index (κ2) is 6.81. The predicted octanol–water partition coefficient (Wildman–Crippen LogP) is 2.91. The van der Waals surface area contributed by atoms with Crippen molar-refractivity contribution in [2.24, 2.45) is 5.73 Å². The molecule has 0 atom stereocenters. The molecular formula is C16H19NO2. The van der Waals surface area contributed by atoms with Gasteiger partial charge in [0.25, 0.3) is 0 Å². The van der Waals surface area contributed by atoms with Crippen LogP contribution in [0.2, 0.25) is 0 Å². The molecule has 2 aromatic carbocycles. The Morgan fingerprint density at radius 3 is 2.42 bits per heavy atom. The van der Waals surface area contributed by atoms with Crippen LogP contribution in [0.5, 0.6) is 11.5 Å². The monoisotopic (exact) mass is 257 g/mol. The van der Waals surface area contributed by atoms with Gasteiger partial charge in [-0.25, -0.2) is 0 Å². The molecule has 0 saturated heterocycles. The van der Waals surface area contributed by atoms with Gasteiger partial charge in [-0.3, -0.25) is 0 Å². The van der Waals surface area contributed by atoms with Gasteiger partial charge in [0.05, 0.1) is 0 Å². The fourth-order valence-electron chi connectivity index (χ4n) is 1.76. The average Bonchev–Trinajstić information content (AvgIpc) is 2.45. The van der Waals surface area contributed by atoms with Crippen LogP contribution in [0, 0.1) is 6.92 Å². The van der Waals surface area contributed by atoms with Crippen molar-refractivity contribution in [3.8, 4) is 11.5 Å².